The van der Waals surface area contributed by atoms with Crippen molar-refractivity contribution in [3.8, 4) is 0 Å². The van der Waals surface area contributed by atoms with Crippen LogP contribution >= 0.6 is 11.8 Å². The Kier molecular flexibility index (Phi) is 6.97. The van der Waals surface area contributed by atoms with Gasteiger partial charge < -0.3 is 10.6 Å². The Hall–Kier alpha value is -3.99. The fourth-order valence-corrected chi connectivity index (χ4v) is 4.81. The molecular formula is C24H23N5O5S. The monoisotopic (exact) mass is 493 g/mol. The van der Waals surface area contributed by atoms with E-state index in [1.807, 2.05) is 6.07 Å². The summed E-state index contributed by atoms with van der Waals surface area (Å²) in [5.74, 6) is -1.54. The van der Waals surface area contributed by atoms with Crippen molar-refractivity contribution >= 4 is 46.8 Å². The van der Waals surface area contributed by atoms with Crippen LogP contribution in [0.1, 0.15) is 24.5 Å². The highest BCUT2D eigenvalue weighted by Crippen LogP contribution is 2.33. The topological polar surface area (TPSA) is 129 Å². The van der Waals surface area contributed by atoms with Crippen molar-refractivity contribution in [1.29, 1.82) is 0 Å². The molecule has 11 heteroatoms. The molecule has 2 N–H and O–H groups in total. The van der Waals surface area contributed by atoms with Crippen molar-refractivity contribution < 1.29 is 24.0 Å². The first-order valence-corrected chi connectivity index (χ1v) is 11.8. The molecule has 2 aliphatic rings. The zero-order chi connectivity index (χ0) is 25.0. The van der Waals surface area contributed by atoms with Crippen LogP contribution in [0.5, 0.6) is 0 Å². The second kappa shape index (κ2) is 10.1. The molecule has 2 aromatic rings. The summed E-state index contributed by atoms with van der Waals surface area (Å²) in [7, 11) is 0. The molecule has 0 saturated carbocycles. The van der Waals surface area contributed by atoms with Gasteiger partial charge in [0.1, 0.15) is 12.1 Å². The average molecular weight is 494 g/mol. The highest BCUT2D eigenvalue weighted by molar-refractivity contribution is 8.18. The van der Waals surface area contributed by atoms with Gasteiger partial charge in [-0.15, -0.1) is 0 Å². The molecule has 180 valence electrons. The molecule has 2 saturated heterocycles. The Morgan fingerprint density at radius 3 is 2.57 bits per heavy atom. The molecule has 0 aliphatic carbocycles. The van der Waals surface area contributed by atoms with Crippen LogP contribution in [-0.2, 0) is 19.9 Å². The number of imide groups is 2. The largest absolute Gasteiger partial charge is 0.353 e. The van der Waals surface area contributed by atoms with E-state index in [0.29, 0.717) is 17.5 Å². The minimum absolute atomic E-state index is 0.0156. The van der Waals surface area contributed by atoms with Crippen molar-refractivity contribution in [2.75, 3.05) is 19.6 Å². The van der Waals surface area contributed by atoms with Gasteiger partial charge in [-0.25, -0.2) is 4.79 Å². The molecule has 2 fully saturated rings. The number of urea groups is 1. The summed E-state index contributed by atoms with van der Waals surface area (Å²) in [6, 6.07) is 11.7. The highest BCUT2D eigenvalue weighted by Gasteiger charge is 2.51. The van der Waals surface area contributed by atoms with Crippen molar-refractivity contribution in [3.63, 3.8) is 0 Å². The predicted molar refractivity (Wildman–Crippen MR) is 129 cm³/mol. The van der Waals surface area contributed by atoms with Gasteiger partial charge in [0.05, 0.1) is 4.91 Å². The average Bonchev–Trinajstić information content (AvgIpc) is 3.27. The first-order chi connectivity index (χ1) is 16.9. The van der Waals surface area contributed by atoms with Crippen molar-refractivity contribution in [1.82, 2.24) is 25.4 Å². The third-order valence-electron chi connectivity index (χ3n) is 5.79. The van der Waals surface area contributed by atoms with E-state index in [1.54, 1.807) is 61.8 Å². The van der Waals surface area contributed by atoms with Crippen molar-refractivity contribution in [2.45, 2.75) is 18.9 Å². The fraction of sp³-hybridized carbons (Fsp3) is 0.250. The molecule has 4 rings (SSSR count). The van der Waals surface area contributed by atoms with Crippen LogP contribution < -0.4 is 10.6 Å². The molecule has 6 amide bonds. The van der Waals surface area contributed by atoms with Crippen LogP contribution in [0.2, 0.25) is 0 Å². The normalized spacial score (nSPS) is 21.1. The van der Waals surface area contributed by atoms with E-state index < -0.39 is 41.1 Å². The SMILES string of the molecule is CC[C@@]1(c2ccccc2)NC(=O)N(CC(=O)NCCN2C(=O)S/C(=C\c3cccnc3)C2=O)C1=O. The number of pyridine rings is 1. The van der Waals surface area contributed by atoms with Gasteiger partial charge in [-0.3, -0.25) is 34.0 Å². The number of carbonyl (C=O) groups is 5. The summed E-state index contributed by atoms with van der Waals surface area (Å²) in [6.45, 7) is 1.26. The molecule has 1 aromatic heterocycles. The maximum atomic E-state index is 13.1. The van der Waals surface area contributed by atoms with Gasteiger partial charge in [0.2, 0.25) is 5.91 Å². The van der Waals surface area contributed by atoms with Crippen LogP contribution in [-0.4, -0.2) is 63.4 Å². The maximum Gasteiger partial charge on any atom is 0.325 e. The van der Waals surface area contributed by atoms with Gasteiger partial charge in [-0.1, -0.05) is 43.3 Å². The van der Waals surface area contributed by atoms with Crippen LogP contribution in [0.3, 0.4) is 0 Å². The lowest BCUT2D eigenvalue weighted by Gasteiger charge is -2.25. The maximum absolute atomic E-state index is 13.1. The van der Waals surface area contributed by atoms with E-state index in [-0.39, 0.29) is 18.0 Å². The summed E-state index contributed by atoms with van der Waals surface area (Å²) in [5, 5.41) is 4.85. The smallest absolute Gasteiger partial charge is 0.325 e. The summed E-state index contributed by atoms with van der Waals surface area (Å²) < 4.78 is 0. The first kappa shape index (κ1) is 24.1. The Bertz CT molecular complexity index is 1200. The number of thioether (sulfide) groups is 1. The minimum atomic E-state index is -1.22. The van der Waals surface area contributed by atoms with E-state index in [4.69, 9.17) is 0 Å². The van der Waals surface area contributed by atoms with Gasteiger partial charge in [0.15, 0.2) is 0 Å². The summed E-state index contributed by atoms with van der Waals surface area (Å²) in [5.41, 5.74) is 0.113. The number of amides is 6. The van der Waals surface area contributed by atoms with Crippen LogP contribution in [0.25, 0.3) is 6.08 Å². The second-order valence-corrected chi connectivity index (χ2v) is 8.91. The molecule has 0 radical (unpaired) electrons. The molecule has 10 nitrogen and oxygen atoms in total. The Balaban J connectivity index is 1.33. The fourth-order valence-electron chi connectivity index (χ4n) is 3.94. The summed E-state index contributed by atoms with van der Waals surface area (Å²) in [6.07, 6.45) is 5.09. The lowest BCUT2D eigenvalue weighted by Crippen LogP contribution is -2.45. The molecule has 35 heavy (non-hydrogen) atoms. The molecule has 0 bridgehead atoms. The molecule has 1 aromatic carbocycles. The number of nitrogens with zero attached hydrogens (tertiary/aromatic N) is 3. The van der Waals surface area contributed by atoms with Gasteiger partial charge in [-0.2, -0.15) is 0 Å². The lowest BCUT2D eigenvalue weighted by molar-refractivity contribution is -0.135. The first-order valence-electron chi connectivity index (χ1n) is 11.0. The molecular weight excluding hydrogens is 470 g/mol. The number of carbonyl (C=O) groups excluding carboxylic acids is 5. The number of rotatable bonds is 8. The predicted octanol–water partition coefficient (Wildman–Crippen LogP) is 2.09. The van der Waals surface area contributed by atoms with E-state index >= 15 is 0 Å². The van der Waals surface area contributed by atoms with E-state index in [9.17, 15) is 24.0 Å². The number of nitrogens with one attached hydrogen (secondary N) is 2. The van der Waals surface area contributed by atoms with Gasteiger partial charge in [-0.05, 0) is 41.5 Å². The minimum Gasteiger partial charge on any atom is -0.353 e. The molecule has 3 heterocycles. The Labute approximate surface area is 205 Å². The molecule has 2 aliphatic heterocycles. The van der Waals surface area contributed by atoms with Crippen molar-refractivity contribution in [2.24, 2.45) is 0 Å². The number of aromatic nitrogens is 1. The third kappa shape index (κ3) is 4.80. The molecule has 0 unspecified atom stereocenters. The molecule has 1 atom stereocenters. The van der Waals surface area contributed by atoms with E-state index in [0.717, 1.165) is 21.6 Å². The molecule has 0 spiro atoms. The van der Waals surface area contributed by atoms with E-state index in [2.05, 4.69) is 15.6 Å². The Morgan fingerprint density at radius 2 is 1.89 bits per heavy atom. The van der Waals surface area contributed by atoms with Crippen LogP contribution in [0.4, 0.5) is 9.59 Å². The third-order valence-corrected chi connectivity index (χ3v) is 6.70. The number of hydrogen-bond acceptors (Lipinski definition) is 7. The van der Waals surface area contributed by atoms with Gasteiger partial charge >= 0.3 is 6.03 Å². The van der Waals surface area contributed by atoms with E-state index in [1.165, 1.54) is 0 Å². The van der Waals surface area contributed by atoms with Crippen molar-refractivity contribution in [3.05, 3.63) is 70.9 Å². The standard InChI is InChI=1S/C24H23N5O5S/c1-2-24(17-8-4-3-5-9-17)21(32)29(22(33)27-24)15-19(30)26-11-12-28-20(31)18(35-23(28)34)13-16-7-6-10-25-14-16/h3-10,13-14H,2,11-12,15H2,1H3,(H,26,30)(H,27,33)/b18-13-/t24-/m0/s1. The van der Waals surface area contributed by atoms with Crippen LogP contribution in [0.15, 0.2) is 59.8 Å². The quantitative estimate of drug-likeness (QED) is 0.426. The zero-order valence-corrected chi connectivity index (χ0v) is 19.7. The summed E-state index contributed by atoms with van der Waals surface area (Å²) >= 11 is 0.815. The Morgan fingerprint density at radius 1 is 1.11 bits per heavy atom. The van der Waals surface area contributed by atoms with Gasteiger partial charge in [0.25, 0.3) is 17.1 Å². The summed E-state index contributed by atoms with van der Waals surface area (Å²) in [4.78, 5) is 69.1. The number of hydrogen-bond donors (Lipinski definition) is 2. The van der Waals surface area contributed by atoms with Gasteiger partial charge in [0, 0.05) is 25.5 Å². The highest BCUT2D eigenvalue weighted by atomic mass is 32.2. The lowest BCUT2D eigenvalue weighted by atomic mass is 9.87. The van der Waals surface area contributed by atoms with Crippen LogP contribution in [0, 0.1) is 0 Å². The second-order valence-electron chi connectivity index (χ2n) is 7.92. The number of benzene rings is 1. The zero-order valence-electron chi connectivity index (χ0n) is 18.9.